The summed E-state index contributed by atoms with van der Waals surface area (Å²) in [7, 11) is -3.78. The number of hydrogen-bond acceptors (Lipinski definition) is 7. The largest absolute Gasteiger partial charge is 0.482 e. The maximum Gasteiger partial charge on any atom is 0.357 e. The summed E-state index contributed by atoms with van der Waals surface area (Å²) in [5.74, 6) is -3.05. The van der Waals surface area contributed by atoms with Crippen molar-refractivity contribution in [2.75, 3.05) is 25.1 Å². The summed E-state index contributed by atoms with van der Waals surface area (Å²) in [6, 6.07) is 12.4. The van der Waals surface area contributed by atoms with Crippen LogP contribution in [0, 0.1) is 0 Å². The number of carboxylic acid groups (broad SMARTS) is 2. The van der Waals surface area contributed by atoms with E-state index in [1.165, 1.54) is 24.3 Å². The second-order valence-electron chi connectivity index (χ2n) is 6.03. The van der Waals surface area contributed by atoms with E-state index in [9.17, 15) is 14.2 Å². The van der Waals surface area contributed by atoms with Gasteiger partial charge < -0.3 is 29.3 Å². The summed E-state index contributed by atoms with van der Waals surface area (Å²) < 4.78 is 30.0. The molecule has 0 aliphatic carbocycles. The quantitative estimate of drug-likeness (QED) is 0.418. The molecule has 0 fully saturated rings. The monoisotopic (exact) mass is 437 g/mol. The third-order valence-corrected chi connectivity index (χ3v) is 6.21. The molecule has 0 saturated heterocycles. The van der Waals surface area contributed by atoms with Gasteiger partial charge in [-0.2, -0.15) is 0 Å². The van der Waals surface area contributed by atoms with Crippen LogP contribution in [0.15, 0.2) is 48.5 Å². The molecule has 162 valence electrons. The fourth-order valence-corrected chi connectivity index (χ4v) is 4.67. The maximum absolute atomic E-state index is 13.6. The first-order chi connectivity index (χ1) is 14.3. The third-order valence-electron chi connectivity index (χ3n) is 3.93. The zero-order valence-corrected chi connectivity index (χ0v) is 17.5. The van der Waals surface area contributed by atoms with Crippen LogP contribution in [-0.4, -0.2) is 42.0 Å². The van der Waals surface area contributed by atoms with E-state index >= 15 is 0 Å². The van der Waals surface area contributed by atoms with Crippen LogP contribution in [0.5, 0.6) is 5.75 Å². The van der Waals surface area contributed by atoms with Crippen LogP contribution in [0.3, 0.4) is 0 Å². The molecule has 2 rings (SSSR count). The molecule has 2 aromatic rings. The van der Waals surface area contributed by atoms with Crippen molar-refractivity contribution in [1.82, 2.24) is 0 Å². The predicted molar refractivity (Wildman–Crippen MR) is 110 cm³/mol. The molecule has 0 radical (unpaired) electrons. The summed E-state index contributed by atoms with van der Waals surface area (Å²) in [6.07, 6.45) is 0. The highest BCUT2D eigenvalue weighted by atomic mass is 31.2. The number of ether oxygens (including phenoxy) is 1. The van der Waals surface area contributed by atoms with Crippen molar-refractivity contribution in [3.8, 4) is 5.75 Å². The molecule has 0 aromatic heterocycles. The number of carbonyl (C=O) groups is 2. The molecule has 10 heteroatoms. The van der Waals surface area contributed by atoms with Gasteiger partial charge in [0.1, 0.15) is 5.75 Å². The van der Waals surface area contributed by atoms with E-state index in [1.54, 1.807) is 38.1 Å². The minimum Gasteiger partial charge on any atom is -0.482 e. The van der Waals surface area contributed by atoms with Gasteiger partial charge >= 0.3 is 19.5 Å². The van der Waals surface area contributed by atoms with Crippen LogP contribution in [0.1, 0.15) is 35.6 Å². The first-order valence-electron chi connectivity index (χ1n) is 9.23. The molecule has 0 heterocycles. The number of anilines is 1. The molecular weight excluding hydrogens is 413 g/mol. The van der Waals surface area contributed by atoms with Gasteiger partial charge in [-0.05, 0) is 44.2 Å². The zero-order chi connectivity index (χ0) is 22.1. The van der Waals surface area contributed by atoms with Crippen LogP contribution < -0.4 is 10.1 Å². The smallest absolute Gasteiger partial charge is 0.357 e. The zero-order valence-electron chi connectivity index (χ0n) is 16.6. The Bertz CT molecular complexity index is 905. The van der Waals surface area contributed by atoms with E-state index < -0.39 is 31.9 Å². The molecule has 0 bridgehead atoms. The van der Waals surface area contributed by atoms with E-state index in [-0.39, 0.29) is 24.5 Å². The lowest BCUT2D eigenvalue weighted by molar-refractivity contribution is -0.139. The highest BCUT2D eigenvalue weighted by Gasteiger charge is 2.39. The molecule has 30 heavy (non-hydrogen) atoms. The number of para-hydroxylation sites is 1. The average molecular weight is 437 g/mol. The summed E-state index contributed by atoms with van der Waals surface area (Å²) in [4.78, 5) is 22.0. The van der Waals surface area contributed by atoms with Gasteiger partial charge in [-0.3, -0.25) is 4.57 Å². The predicted octanol–water partition coefficient (Wildman–Crippen LogP) is 4.23. The number of benzene rings is 2. The molecule has 0 aliphatic rings. The molecule has 0 aliphatic heterocycles. The molecule has 1 atom stereocenters. The minimum absolute atomic E-state index is 0.0973. The van der Waals surface area contributed by atoms with Gasteiger partial charge in [0.05, 0.1) is 18.8 Å². The molecule has 0 spiro atoms. The van der Waals surface area contributed by atoms with Gasteiger partial charge in [0.2, 0.25) is 0 Å². The van der Waals surface area contributed by atoms with E-state index in [2.05, 4.69) is 5.32 Å². The standard InChI is InChI=1S/C20H24NO8P/c1-3-28-30(26,29-4-2)19(21-15-11-9-14(10-12-15)20(24)25)16-7-5-6-8-17(16)27-13-18(22)23/h5-12,19,21H,3-4,13H2,1-2H3,(H,22,23)(H,24,25). The Balaban J connectivity index is 2.50. The number of nitrogens with one attached hydrogen (secondary N) is 1. The van der Waals surface area contributed by atoms with Gasteiger partial charge in [0.25, 0.3) is 0 Å². The Labute approximate surface area is 174 Å². The molecule has 2 aromatic carbocycles. The Hall–Kier alpha value is -2.87. The summed E-state index contributed by atoms with van der Waals surface area (Å²) in [5.41, 5.74) is 0.948. The van der Waals surface area contributed by atoms with Crippen molar-refractivity contribution in [3.05, 3.63) is 59.7 Å². The molecule has 0 saturated carbocycles. The Morgan fingerprint density at radius 2 is 1.60 bits per heavy atom. The maximum atomic E-state index is 13.6. The van der Waals surface area contributed by atoms with Crippen molar-refractivity contribution in [3.63, 3.8) is 0 Å². The lowest BCUT2D eigenvalue weighted by Gasteiger charge is -2.29. The SMILES string of the molecule is CCOP(=O)(OCC)C(Nc1ccc(C(=O)O)cc1)c1ccccc1OCC(=O)O. The van der Waals surface area contributed by atoms with Gasteiger partial charge in [0.15, 0.2) is 12.4 Å². The molecule has 1 unspecified atom stereocenters. The second-order valence-corrected chi connectivity index (χ2v) is 8.14. The first-order valence-corrected chi connectivity index (χ1v) is 10.8. The minimum atomic E-state index is -3.78. The number of rotatable bonds is 12. The summed E-state index contributed by atoms with van der Waals surface area (Å²) in [5, 5.41) is 21.1. The van der Waals surface area contributed by atoms with Gasteiger partial charge in [-0.1, -0.05) is 18.2 Å². The van der Waals surface area contributed by atoms with E-state index in [0.717, 1.165) is 0 Å². The highest BCUT2D eigenvalue weighted by molar-refractivity contribution is 7.54. The second kappa shape index (κ2) is 10.8. The lowest BCUT2D eigenvalue weighted by Crippen LogP contribution is -2.18. The topological polar surface area (TPSA) is 131 Å². The first kappa shape index (κ1) is 23.4. The van der Waals surface area contributed by atoms with Gasteiger partial charge in [0, 0.05) is 11.3 Å². The molecular formula is C20H24NO8P. The fourth-order valence-electron chi connectivity index (χ4n) is 2.72. The molecule has 3 N–H and O–H groups in total. The van der Waals surface area contributed by atoms with Crippen molar-refractivity contribution in [1.29, 1.82) is 0 Å². The van der Waals surface area contributed by atoms with Crippen LogP contribution in [0.2, 0.25) is 0 Å². The Morgan fingerprint density at radius 1 is 1.00 bits per heavy atom. The van der Waals surface area contributed by atoms with E-state index in [4.69, 9.17) is 24.0 Å². The number of aliphatic carboxylic acids is 1. The lowest BCUT2D eigenvalue weighted by atomic mass is 10.1. The number of aromatic carboxylic acids is 1. The van der Waals surface area contributed by atoms with Crippen LogP contribution in [-0.2, 0) is 18.4 Å². The molecule has 9 nitrogen and oxygen atoms in total. The van der Waals surface area contributed by atoms with Crippen molar-refractivity contribution in [2.24, 2.45) is 0 Å². The Morgan fingerprint density at radius 3 is 2.13 bits per heavy atom. The fraction of sp³-hybridized carbons (Fsp3) is 0.300. The Kier molecular flexibility index (Phi) is 8.41. The average Bonchev–Trinajstić information content (AvgIpc) is 2.71. The summed E-state index contributed by atoms with van der Waals surface area (Å²) in [6.45, 7) is 3.01. The van der Waals surface area contributed by atoms with Crippen molar-refractivity contribution < 1.29 is 38.2 Å². The van der Waals surface area contributed by atoms with E-state index in [0.29, 0.717) is 11.3 Å². The summed E-state index contributed by atoms with van der Waals surface area (Å²) >= 11 is 0. The van der Waals surface area contributed by atoms with Crippen LogP contribution in [0.4, 0.5) is 5.69 Å². The third kappa shape index (κ3) is 6.06. The normalized spacial score (nSPS) is 12.2. The number of carboxylic acids is 2. The van der Waals surface area contributed by atoms with Crippen molar-refractivity contribution in [2.45, 2.75) is 19.6 Å². The van der Waals surface area contributed by atoms with Crippen molar-refractivity contribution >= 4 is 25.2 Å². The van der Waals surface area contributed by atoms with Gasteiger partial charge in [-0.25, -0.2) is 9.59 Å². The van der Waals surface area contributed by atoms with Gasteiger partial charge in [-0.15, -0.1) is 0 Å². The van der Waals surface area contributed by atoms with Crippen LogP contribution >= 0.6 is 7.60 Å². The number of hydrogen-bond donors (Lipinski definition) is 3. The molecule has 0 amide bonds. The van der Waals surface area contributed by atoms with Crippen LogP contribution in [0.25, 0.3) is 0 Å². The highest BCUT2D eigenvalue weighted by Crippen LogP contribution is 2.62. The van der Waals surface area contributed by atoms with E-state index in [1.807, 2.05) is 0 Å².